The number of fused-ring (bicyclic) bond motifs is 1. The van der Waals surface area contributed by atoms with Crippen molar-refractivity contribution in [2.75, 3.05) is 0 Å². The van der Waals surface area contributed by atoms with Gasteiger partial charge in [0.25, 0.3) is 5.91 Å². The quantitative estimate of drug-likeness (QED) is 0.344. The van der Waals surface area contributed by atoms with Gasteiger partial charge in [0.15, 0.2) is 0 Å². The summed E-state index contributed by atoms with van der Waals surface area (Å²) in [6.45, 7) is 11.9. The van der Waals surface area contributed by atoms with Gasteiger partial charge < -0.3 is 15.2 Å². The summed E-state index contributed by atoms with van der Waals surface area (Å²) in [6, 6.07) is 14.7. The first-order chi connectivity index (χ1) is 17.8. The number of ether oxygens (including phenoxy) is 1. The van der Waals surface area contributed by atoms with Crippen molar-refractivity contribution in [2.45, 2.75) is 85.1 Å². The van der Waals surface area contributed by atoms with Crippen LogP contribution in [0.1, 0.15) is 89.0 Å². The lowest BCUT2D eigenvalue weighted by Gasteiger charge is -2.27. The van der Waals surface area contributed by atoms with Crippen LogP contribution in [0.5, 0.6) is 11.5 Å². The summed E-state index contributed by atoms with van der Waals surface area (Å²) in [7, 11) is 0. The first-order valence-electron chi connectivity index (χ1n) is 13.6. The van der Waals surface area contributed by atoms with Crippen molar-refractivity contribution in [3.63, 3.8) is 0 Å². The van der Waals surface area contributed by atoms with E-state index in [1.807, 2.05) is 30.3 Å². The van der Waals surface area contributed by atoms with Crippen molar-refractivity contribution in [2.24, 2.45) is 11.3 Å². The third-order valence-corrected chi connectivity index (χ3v) is 7.42. The maximum Gasteiger partial charge on any atom is 0.326 e. The summed E-state index contributed by atoms with van der Waals surface area (Å²) in [4.78, 5) is 29.8. The molecule has 2 aromatic carbocycles. The van der Waals surface area contributed by atoms with E-state index in [-0.39, 0.29) is 11.1 Å². The number of carbonyl (C=O) groups excluding carboxylic acids is 1. The second-order valence-corrected chi connectivity index (χ2v) is 12.7. The second kappa shape index (κ2) is 10.8. The fraction of sp³-hybridized carbons (Fsp3) is 0.469. The Morgan fingerprint density at radius 3 is 2.18 bits per heavy atom. The average molecular weight is 517 g/mol. The van der Waals surface area contributed by atoms with Crippen LogP contribution in [0, 0.1) is 11.3 Å². The van der Waals surface area contributed by atoms with Crippen LogP contribution >= 0.6 is 0 Å². The minimum absolute atomic E-state index is 0.0731. The normalized spacial score (nSPS) is 15.4. The molecule has 0 spiro atoms. The molecule has 0 bridgehead atoms. The van der Waals surface area contributed by atoms with Crippen molar-refractivity contribution in [1.29, 1.82) is 0 Å². The first-order valence-corrected chi connectivity index (χ1v) is 13.6. The number of nitrogens with zero attached hydrogens (tertiary/aromatic N) is 1. The van der Waals surface area contributed by atoms with Gasteiger partial charge >= 0.3 is 5.97 Å². The zero-order valence-corrected chi connectivity index (χ0v) is 23.4. The molecule has 3 aromatic rings. The number of rotatable bonds is 7. The summed E-state index contributed by atoms with van der Waals surface area (Å²) in [5.41, 5.74) is 1.78. The molecule has 1 heterocycles. The topological polar surface area (TPSA) is 88.5 Å². The number of hydrogen-bond acceptors (Lipinski definition) is 4. The SMILES string of the molecule is CC(C)(C)c1ccc(Oc2ccc3cc(C(=O)NC(C(=O)O)C(C)(C)C)nc(CC4CCCC4)c3c2)cc1. The number of carbonyl (C=O) groups is 2. The molecule has 6 nitrogen and oxygen atoms in total. The molecule has 1 aromatic heterocycles. The number of carboxylic acid groups (broad SMARTS) is 1. The Labute approximate surface area is 225 Å². The van der Waals surface area contributed by atoms with Crippen LogP contribution in [0.3, 0.4) is 0 Å². The fourth-order valence-corrected chi connectivity index (χ4v) is 5.13. The molecule has 1 amide bonds. The third-order valence-electron chi connectivity index (χ3n) is 7.42. The molecule has 0 aliphatic heterocycles. The van der Waals surface area contributed by atoms with E-state index in [9.17, 15) is 14.7 Å². The highest BCUT2D eigenvalue weighted by Crippen LogP contribution is 2.33. The lowest BCUT2D eigenvalue weighted by atomic mass is 9.86. The minimum atomic E-state index is -1.06. The summed E-state index contributed by atoms with van der Waals surface area (Å²) in [6.07, 6.45) is 5.52. The van der Waals surface area contributed by atoms with Gasteiger partial charge in [-0.05, 0) is 64.5 Å². The van der Waals surface area contributed by atoms with Crippen LogP contribution in [0.25, 0.3) is 10.8 Å². The number of amides is 1. The van der Waals surface area contributed by atoms with Gasteiger partial charge in [-0.3, -0.25) is 4.79 Å². The molecule has 202 valence electrons. The number of carboxylic acids is 1. The average Bonchev–Trinajstić information content (AvgIpc) is 3.34. The zero-order valence-electron chi connectivity index (χ0n) is 23.4. The molecule has 1 saturated carbocycles. The van der Waals surface area contributed by atoms with Crippen molar-refractivity contribution >= 4 is 22.6 Å². The van der Waals surface area contributed by atoms with Gasteiger partial charge in [-0.25, -0.2) is 9.78 Å². The number of hydrogen-bond donors (Lipinski definition) is 2. The van der Waals surface area contributed by atoms with Crippen LogP contribution < -0.4 is 10.1 Å². The molecule has 38 heavy (non-hydrogen) atoms. The molecule has 6 heteroatoms. The van der Waals surface area contributed by atoms with Crippen LogP contribution in [0.15, 0.2) is 48.5 Å². The molecule has 1 unspecified atom stereocenters. The predicted molar refractivity (Wildman–Crippen MR) is 151 cm³/mol. The van der Waals surface area contributed by atoms with Gasteiger partial charge in [0.2, 0.25) is 0 Å². The van der Waals surface area contributed by atoms with E-state index >= 15 is 0 Å². The summed E-state index contributed by atoms with van der Waals surface area (Å²) < 4.78 is 6.20. The van der Waals surface area contributed by atoms with E-state index in [1.165, 1.54) is 18.4 Å². The van der Waals surface area contributed by atoms with Crippen molar-refractivity contribution in [1.82, 2.24) is 10.3 Å². The van der Waals surface area contributed by atoms with Crippen LogP contribution in [-0.4, -0.2) is 28.0 Å². The van der Waals surface area contributed by atoms with E-state index in [4.69, 9.17) is 9.72 Å². The molecular formula is C32H40N2O4. The molecule has 2 N–H and O–H groups in total. The van der Waals surface area contributed by atoms with Gasteiger partial charge in [0.1, 0.15) is 23.2 Å². The molecule has 4 rings (SSSR count). The van der Waals surface area contributed by atoms with Crippen molar-refractivity contribution in [3.05, 3.63) is 65.5 Å². The number of pyridine rings is 1. The van der Waals surface area contributed by atoms with Gasteiger partial charge in [-0.2, -0.15) is 0 Å². The number of aliphatic carboxylic acids is 1. The van der Waals surface area contributed by atoms with E-state index in [1.54, 1.807) is 26.8 Å². The Bertz CT molecular complexity index is 1310. The highest BCUT2D eigenvalue weighted by Gasteiger charge is 2.33. The Morgan fingerprint density at radius 1 is 0.974 bits per heavy atom. The number of aromatic nitrogens is 1. The second-order valence-electron chi connectivity index (χ2n) is 12.7. The molecule has 1 aliphatic carbocycles. The van der Waals surface area contributed by atoms with E-state index in [0.29, 0.717) is 11.7 Å². The highest BCUT2D eigenvalue weighted by atomic mass is 16.5. The first kappa shape index (κ1) is 27.6. The number of nitrogens with one attached hydrogen (secondary N) is 1. The summed E-state index contributed by atoms with van der Waals surface area (Å²) in [5.74, 6) is 0.475. The standard InChI is InChI=1S/C32H40N2O4/c1-31(2,3)22-12-15-23(16-13-22)38-24-14-11-21-18-27(29(35)34-28(30(36)37)32(4,5)6)33-26(25(21)19-24)17-20-9-7-8-10-20/h11-16,18-20,28H,7-10,17H2,1-6H3,(H,34,35)(H,36,37). The van der Waals surface area contributed by atoms with E-state index in [2.05, 4.69) is 38.2 Å². The van der Waals surface area contributed by atoms with Crippen LogP contribution in [0.4, 0.5) is 0 Å². The highest BCUT2D eigenvalue weighted by molar-refractivity contribution is 5.99. The molecule has 0 radical (unpaired) electrons. The molecule has 1 fully saturated rings. The van der Waals surface area contributed by atoms with Gasteiger partial charge in [0, 0.05) is 11.1 Å². The Balaban J connectivity index is 1.67. The summed E-state index contributed by atoms with van der Waals surface area (Å²) in [5, 5.41) is 14.2. The summed E-state index contributed by atoms with van der Waals surface area (Å²) >= 11 is 0. The van der Waals surface area contributed by atoms with Gasteiger partial charge in [0.05, 0.1) is 0 Å². The van der Waals surface area contributed by atoms with Gasteiger partial charge in [-0.15, -0.1) is 0 Å². The molecule has 1 aliphatic rings. The molecule has 1 atom stereocenters. The van der Waals surface area contributed by atoms with E-state index < -0.39 is 23.3 Å². The third kappa shape index (κ3) is 6.53. The lowest BCUT2D eigenvalue weighted by Crippen LogP contribution is -2.49. The monoisotopic (exact) mass is 516 g/mol. The Hall–Kier alpha value is -3.41. The molecule has 0 saturated heterocycles. The lowest BCUT2D eigenvalue weighted by molar-refractivity contribution is -0.142. The van der Waals surface area contributed by atoms with Crippen molar-refractivity contribution < 1.29 is 19.4 Å². The number of benzene rings is 2. The van der Waals surface area contributed by atoms with Gasteiger partial charge in [-0.1, -0.05) is 85.4 Å². The molecular weight excluding hydrogens is 476 g/mol. The zero-order chi connectivity index (χ0) is 27.7. The largest absolute Gasteiger partial charge is 0.480 e. The van der Waals surface area contributed by atoms with Crippen LogP contribution in [-0.2, 0) is 16.6 Å². The fourth-order valence-electron chi connectivity index (χ4n) is 5.13. The Morgan fingerprint density at radius 2 is 1.61 bits per heavy atom. The van der Waals surface area contributed by atoms with Crippen LogP contribution in [0.2, 0.25) is 0 Å². The maximum atomic E-state index is 13.2. The van der Waals surface area contributed by atoms with E-state index in [0.717, 1.165) is 41.5 Å². The van der Waals surface area contributed by atoms with Crippen molar-refractivity contribution in [3.8, 4) is 11.5 Å². The smallest absolute Gasteiger partial charge is 0.326 e. The predicted octanol–water partition coefficient (Wildman–Crippen LogP) is 7.29. The minimum Gasteiger partial charge on any atom is -0.480 e. The maximum absolute atomic E-state index is 13.2. The Kier molecular flexibility index (Phi) is 7.82.